The van der Waals surface area contributed by atoms with Crippen LogP contribution in [0.4, 0.5) is 5.69 Å². The predicted molar refractivity (Wildman–Crippen MR) is 106 cm³/mol. The summed E-state index contributed by atoms with van der Waals surface area (Å²) in [6.45, 7) is 1.69. The van der Waals surface area contributed by atoms with Crippen molar-refractivity contribution in [2.45, 2.75) is 44.3 Å². The summed E-state index contributed by atoms with van der Waals surface area (Å²) in [5.41, 5.74) is 4.45. The molecule has 0 saturated carbocycles. The largest absolute Gasteiger partial charge is 0.388 e. The number of benzene rings is 1. The highest BCUT2D eigenvalue weighted by atomic mass is 16.6. The van der Waals surface area contributed by atoms with Gasteiger partial charge in [0.25, 0.3) is 5.69 Å². The number of aliphatic hydroxyl groups is 2. The minimum absolute atomic E-state index is 0.0448. The molecule has 1 saturated heterocycles. The molecule has 2 N–H and O–H groups in total. The van der Waals surface area contributed by atoms with Crippen LogP contribution in [0.25, 0.3) is 22.8 Å². The van der Waals surface area contributed by atoms with Gasteiger partial charge in [0, 0.05) is 12.1 Å². The van der Waals surface area contributed by atoms with Gasteiger partial charge in [0.1, 0.15) is 24.1 Å². The van der Waals surface area contributed by atoms with Gasteiger partial charge in [0.05, 0.1) is 23.0 Å². The first-order valence-electron chi connectivity index (χ1n) is 9.61. The van der Waals surface area contributed by atoms with E-state index in [1.165, 1.54) is 18.7 Å². The second kappa shape index (κ2) is 6.94. The summed E-state index contributed by atoms with van der Waals surface area (Å²) in [7, 11) is 0. The molecule has 10 nitrogen and oxygen atoms in total. The van der Waals surface area contributed by atoms with Crippen LogP contribution in [0.15, 0.2) is 30.9 Å². The average Bonchev–Trinajstić information content (AvgIpc) is 3.29. The maximum atomic E-state index is 11.1. The lowest BCUT2D eigenvalue weighted by molar-refractivity contribution is -0.384. The number of fused-ring (bicyclic) bond motifs is 2. The van der Waals surface area contributed by atoms with Crippen LogP contribution in [0.3, 0.4) is 0 Å². The number of aryl methyl sites for hydroxylation is 1. The Labute approximate surface area is 170 Å². The minimum Gasteiger partial charge on any atom is -0.388 e. The molecule has 30 heavy (non-hydrogen) atoms. The number of non-ortho nitro benzene ring substituents is 1. The molecule has 4 atom stereocenters. The van der Waals surface area contributed by atoms with E-state index in [9.17, 15) is 20.3 Å². The molecule has 0 amide bonds. The van der Waals surface area contributed by atoms with Crippen molar-refractivity contribution in [2.75, 3.05) is 0 Å². The molecule has 10 heteroatoms. The first kappa shape index (κ1) is 18.8. The topological polar surface area (TPSA) is 136 Å². The Morgan fingerprint density at radius 3 is 2.77 bits per heavy atom. The van der Waals surface area contributed by atoms with Crippen LogP contribution >= 0.6 is 0 Å². The van der Waals surface area contributed by atoms with E-state index in [0.29, 0.717) is 23.3 Å². The van der Waals surface area contributed by atoms with E-state index in [1.807, 2.05) is 6.08 Å². The van der Waals surface area contributed by atoms with Crippen LogP contribution in [0.2, 0.25) is 0 Å². The van der Waals surface area contributed by atoms with Crippen molar-refractivity contribution in [1.29, 1.82) is 0 Å². The van der Waals surface area contributed by atoms with Gasteiger partial charge in [-0.05, 0) is 42.5 Å². The number of hydrogen-bond donors (Lipinski definition) is 2. The van der Waals surface area contributed by atoms with E-state index < -0.39 is 29.5 Å². The Morgan fingerprint density at radius 1 is 1.20 bits per heavy atom. The van der Waals surface area contributed by atoms with Crippen molar-refractivity contribution in [3.05, 3.63) is 57.8 Å². The summed E-state index contributed by atoms with van der Waals surface area (Å²) in [5, 5.41) is 31.5. The lowest BCUT2D eigenvalue weighted by Crippen LogP contribution is -2.30. The van der Waals surface area contributed by atoms with Crippen LogP contribution in [0.5, 0.6) is 0 Å². The molecule has 1 aliphatic carbocycles. The molecule has 2 aliphatic rings. The van der Waals surface area contributed by atoms with Gasteiger partial charge in [-0.15, -0.1) is 0 Å². The second-order valence-electron chi connectivity index (χ2n) is 7.57. The number of allylic oxidation sites excluding steroid dienone is 1. The fourth-order valence-corrected chi connectivity index (χ4v) is 4.10. The molecule has 1 unspecified atom stereocenters. The maximum Gasteiger partial charge on any atom is 0.270 e. The highest BCUT2D eigenvalue weighted by Gasteiger charge is 2.42. The molecule has 1 fully saturated rings. The van der Waals surface area contributed by atoms with E-state index in [-0.39, 0.29) is 5.69 Å². The monoisotopic (exact) mass is 409 g/mol. The zero-order valence-electron chi connectivity index (χ0n) is 16.0. The molecule has 154 valence electrons. The van der Waals surface area contributed by atoms with Gasteiger partial charge in [-0.25, -0.2) is 15.0 Å². The highest BCUT2D eigenvalue weighted by molar-refractivity contribution is 5.92. The van der Waals surface area contributed by atoms with E-state index >= 15 is 0 Å². The van der Waals surface area contributed by atoms with Crippen molar-refractivity contribution < 1.29 is 19.9 Å². The Bertz CT molecular complexity index is 1190. The highest BCUT2D eigenvalue weighted by Crippen LogP contribution is 2.35. The van der Waals surface area contributed by atoms with Gasteiger partial charge < -0.3 is 14.9 Å². The van der Waals surface area contributed by atoms with Gasteiger partial charge in [-0.2, -0.15) is 0 Å². The van der Waals surface area contributed by atoms with E-state index in [1.54, 1.807) is 23.6 Å². The number of nitrogens with zero attached hydrogens (tertiary/aromatic N) is 5. The molecule has 1 aliphatic heterocycles. The molecule has 3 aromatic rings. The van der Waals surface area contributed by atoms with Crippen molar-refractivity contribution in [3.8, 4) is 0 Å². The van der Waals surface area contributed by atoms with Gasteiger partial charge in [0.15, 0.2) is 11.9 Å². The fourth-order valence-electron chi connectivity index (χ4n) is 4.10. The van der Waals surface area contributed by atoms with E-state index in [2.05, 4.69) is 15.0 Å². The smallest absolute Gasteiger partial charge is 0.270 e. The Hall–Kier alpha value is -3.21. The number of imidazole rings is 1. The number of hydrogen-bond acceptors (Lipinski definition) is 8. The van der Waals surface area contributed by atoms with Gasteiger partial charge in [-0.1, -0.05) is 6.07 Å². The molecule has 0 radical (unpaired) electrons. The third-order valence-electron chi connectivity index (χ3n) is 5.75. The number of ether oxygens (including phenoxy) is 1. The third-order valence-corrected chi connectivity index (χ3v) is 5.75. The molecule has 5 rings (SSSR count). The number of aliphatic hydroxyl groups excluding tert-OH is 2. The van der Waals surface area contributed by atoms with Crippen LogP contribution in [-0.4, -0.2) is 53.0 Å². The summed E-state index contributed by atoms with van der Waals surface area (Å²) < 4.78 is 7.29. The average molecular weight is 409 g/mol. The first-order valence-corrected chi connectivity index (χ1v) is 9.61. The molecular formula is C20H19N5O5. The summed E-state index contributed by atoms with van der Waals surface area (Å²) in [6, 6.07) is 4.87. The number of nitro benzene ring substituents is 1. The molecule has 0 bridgehead atoms. The Kier molecular flexibility index (Phi) is 4.35. The van der Waals surface area contributed by atoms with Gasteiger partial charge in [-0.3, -0.25) is 14.7 Å². The zero-order valence-corrected chi connectivity index (χ0v) is 16.0. The summed E-state index contributed by atoms with van der Waals surface area (Å²) >= 11 is 0. The SMILES string of the molecule is C[C@H]1OC(n2cnc3c(C4=Cc5cc([N+](=O)[O-])ccc5CC4)ncnc32)[C@H](O)[C@@H]1O. The lowest BCUT2D eigenvalue weighted by Gasteiger charge is -2.17. The minimum atomic E-state index is -1.10. The van der Waals surface area contributed by atoms with Crippen LogP contribution < -0.4 is 0 Å². The molecule has 1 aromatic carbocycles. The molecule has 2 aromatic heterocycles. The quantitative estimate of drug-likeness (QED) is 0.494. The number of nitro groups is 1. The molecule has 0 spiro atoms. The van der Waals surface area contributed by atoms with Gasteiger partial charge >= 0.3 is 0 Å². The van der Waals surface area contributed by atoms with E-state index in [0.717, 1.165) is 23.1 Å². The van der Waals surface area contributed by atoms with E-state index in [4.69, 9.17) is 4.74 Å². The predicted octanol–water partition coefficient (Wildman–Crippen LogP) is 1.86. The first-order chi connectivity index (χ1) is 14.4. The van der Waals surface area contributed by atoms with Crippen LogP contribution in [0, 0.1) is 10.1 Å². The maximum absolute atomic E-state index is 11.1. The van der Waals surface area contributed by atoms with Crippen molar-refractivity contribution >= 4 is 28.5 Å². The summed E-state index contributed by atoms with van der Waals surface area (Å²) in [6.07, 6.45) is 2.87. The number of aromatic nitrogens is 4. The third kappa shape index (κ3) is 2.88. The van der Waals surface area contributed by atoms with Crippen molar-refractivity contribution in [2.24, 2.45) is 0 Å². The zero-order chi connectivity index (χ0) is 21.0. The van der Waals surface area contributed by atoms with Gasteiger partial charge in [0.2, 0.25) is 0 Å². The Morgan fingerprint density at radius 2 is 2.03 bits per heavy atom. The number of rotatable bonds is 3. The second-order valence-corrected chi connectivity index (χ2v) is 7.57. The molecule has 3 heterocycles. The van der Waals surface area contributed by atoms with Crippen molar-refractivity contribution in [1.82, 2.24) is 19.5 Å². The van der Waals surface area contributed by atoms with Crippen LogP contribution in [0.1, 0.15) is 36.4 Å². The van der Waals surface area contributed by atoms with Crippen molar-refractivity contribution in [3.63, 3.8) is 0 Å². The lowest BCUT2D eigenvalue weighted by atomic mass is 9.90. The summed E-state index contributed by atoms with van der Waals surface area (Å²) in [5.74, 6) is 0. The standard InChI is InChI=1S/C20H19N5O5/c1-10-17(26)18(27)20(30-10)24-9-23-16-15(21-8-22-19(16)24)12-3-2-11-4-5-14(25(28)29)7-13(11)6-12/h4-10,17-18,20,26-27H,2-3H2,1H3/t10-,17-,18-,20?/m1/s1. The fraction of sp³-hybridized carbons (Fsp3) is 0.350. The Balaban J connectivity index is 1.57. The normalized spacial score (nSPS) is 25.9. The van der Waals surface area contributed by atoms with Crippen LogP contribution in [-0.2, 0) is 11.2 Å². The molecular weight excluding hydrogens is 390 g/mol. The summed E-state index contributed by atoms with van der Waals surface area (Å²) in [4.78, 5) is 23.9.